The van der Waals surface area contributed by atoms with Gasteiger partial charge in [-0.25, -0.2) is 0 Å². The molecule has 0 fully saturated rings. The van der Waals surface area contributed by atoms with E-state index in [4.69, 9.17) is 5.73 Å². The van der Waals surface area contributed by atoms with E-state index in [0.29, 0.717) is 5.16 Å². The highest BCUT2D eigenvalue weighted by Crippen LogP contribution is 2.15. The van der Waals surface area contributed by atoms with Crippen LogP contribution in [0.4, 0.5) is 5.69 Å². The smallest absolute Gasteiger partial charge is 0.339 e. The number of nitrogens with two attached hydrogens (primary N) is 1. The van der Waals surface area contributed by atoms with Gasteiger partial charge in [0, 0.05) is 18.5 Å². The van der Waals surface area contributed by atoms with Crippen LogP contribution in [0.2, 0.25) is 0 Å². The van der Waals surface area contributed by atoms with Crippen LogP contribution in [-0.4, -0.2) is 20.5 Å². The molecule has 0 aliphatic carbocycles. The van der Waals surface area contributed by atoms with Gasteiger partial charge in [-0.3, -0.25) is 19.4 Å². The zero-order valence-corrected chi connectivity index (χ0v) is 11.9. The Labute approximate surface area is 120 Å². The molecule has 0 atom stereocenters. The lowest BCUT2D eigenvalue weighted by molar-refractivity contribution is 0.596. The molecule has 0 bridgehead atoms. The second-order valence-electron chi connectivity index (χ2n) is 4.40. The van der Waals surface area contributed by atoms with Crippen molar-refractivity contribution in [1.82, 2.24) is 14.8 Å². The molecule has 3 N–H and O–H groups in total. The Kier molecular flexibility index (Phi) is 4.62. The Morgan fingerprint density at radius 3 is 2.95 bits per heavy atom. The van der Waals surface area contributed by atoms with E-state index >= 15 is 0 Å². The Morgan fingerprint density at radius 1 is 1.40 bits per heavy atom. The molecule has 1 aromatic heterocycles. The number of nitrogens with zero attached hydrogens (tertiary/aromatic N) is 2. The normalized spacial score (nSPS) is 10.7. The van der Waals surface area contributed by atoms with Crippen molar-refractivity contribution in [3.8, 4) is 0 Å². The molecule has 0 radical (unpaired) electrons. The highest BCUT2D eigenvalue weighted by molar-refractivity contribution is 7.99. The minimum Gasteiger partial charge on any atom is -0.399 e. The predicted molar refractivity (Wildman–Crippen MR) is 80.0 cm³/mol. The number of aryl methyl sites for hydroxylation is 2. The molecule has 20 heavy (non-hydrogen) atoms. The largest absolute Gasteiger partial charge is 0.399 e. The summed E-state index contributed by atoms with van der Waals surface area (Å²) in [6, 6.07) is 7.79. The minimum atomic E-state index is -0.749. The molecule has 0 spiro atoms. The third kappa shape index (κ3) is 3.74. The molecule has 1 heterocycles. The van der Waals surface area contributed by atoms with Crippen LogP contribution in [0.5, 0.6) is 0 Å². The summed E-state index contributed by atoms with van der Waals surface area (Å²) in [5.74, 6) is 0.807. The number of benzene rings is 1. The fraction of sp³-hybridized carbons (Fsp3) is 0.308. The van der Waals surface area contributed by atoms with Crippen LogP contribution in [0, 0.1) is 0 Å². The molecule has 0 saturated heterocycles. The van der Waals surface area contributed by atoms with E-state index in [2.05, 4.69) is 10.1 Å². The van der Waals surface area contributed by atoms with E-state index < -0.39 is 11.1 Å². The van der Waals surface area contributed by atoms with E-state index in [9.17, 15) is 9.59 Å². The van der Waals surface area contributed by atoms with Gasteiger partial charge in [-0.1, -0.05) is 23.9 Å². The van der Waals surface area contributed by atoms with E-state index in [1.165, 1.54) is 22.0 Å². The lowest BCUT2D eigenvalue weighted by Gasteiger charge is -2.06. The maximum absolute atomic E-state index is 11.2. The first-order valence-electron chi connectivity index (χ1n) is 6.21. The van der Waals surface area contributed by atoms with Crippen LogP contribution in [-0.2, 0) is 13.5 Å². The zero-order valence-electron chi connectivity index (χ0n) is 11.1. The van der Waals surface area contributed by atoms with Crippen LogP contribution < -0.4 is 16.9 Å². The van der Waals surface area contributed by atoms with Crippen LogP contribution in [0.25, 0.3) is 0 Å². The summed E-state index contributed by atoms with van der Waals surface area (Å²) in [7, 11) is 1.66. The summed E-state index contributed by atoms with van der Waals surface area (Å²) in [6.45, 7) is 0. The van der Waals surface area contributed by atoms with E-state index in [-0.39, 0.29) is 0 Å². The summed E-state index contributed by atoms with van der Waals surface area (Å²) >= 11 is 1.44. The molecule has 0 aliphatic rings. The van der Waals surface area contributed by atoms with Crippen LogP contribution >= 0.6 is 11.8 Å². The van der Waals surface area contributed by atoms with Crippen molar-refractivity contribution in [3.63, 3.8) is 0 Å². The number of nitrogens with one attached hydrogen (secondary N) is 1. The van der Waals surface area contributed by atoms with Gasteiger partial charge in [0.15, 0.2) is 5.16 Å². The number of aromatic amines is 1. The van der Waals surface area contributed by atoms with Crippen LogP contribution in [0.1, 0.15) is 12.0 Å². The van der Waals surface area contributed by atoms with E-state index in [1.54, 1.807) is 7.05 Å². The van der Waals surface area contributed by atoms with Gasteiger partial charge >= 0.3 is 11.1 Å². The topological polar surface area (TPSA) is 93.8 Å². The number of hydrogen-bond donors (Lipinski definition) is 2. The number of aromatic nitrogens is 3. The molecule has 2 aromatic rings. The summed E-state index contributed by atoms with van der Waals surface area (Å²) in [5.41, 5.74) is 6.22. The van der Waals surface area contributed by atoms with Gasteiger partial charge in [0.25, 0.3) is 0 Å². The SMILES string of the molecule is Cn1[nH]c(=O)c(=O)nc1SCCCc1cccc(N)c1. The van der Waals surface area contributed by atoms with E-state index in [1.807, 2.05) is 24.3 Å². The first-order valence-corrected chi connectivity index (χ1v) is 7.19. The van der Waals surface area contributed by atoms with Crippen molar-refractivity contribution in [2.75, 3.05) is 11.5 Å². The maximum Gasteiger partial charge on any atom is 0.339 e. The fourth-order valence-corrected chi connectivity index (χ4v) is 2.64. The Balaban J connectivity index is 1.89. The minimum absolute atomic E-state index is 0.516. The lowest BCUT2D eigenvalue weighted by Crippen LogP contribution is -2.33. The van der Waals surface area contributed by atoms with Crippen molar-refractivity contribution < 1.29 is 0 Å². The number of hydrogen-bond acceptors (Lipinski definition) is 5. The number of H-pyrrole nitrogens is 1. The highest BCUT2D eigenvalue weighted by atomic mass is 32.2. The quantitative estimate of drug-likeness (QED) is 0.367. The summed E-state index contributed by atoms with van der Waals surface area (Å²) in [5, 5.41) is 2.94. The Morgan fingerprint density at radius 2 is 2.20 bits per heavy atom. The Bertz CT molecular complexity index is 708. The molecular formula is C13H16N4O2S. The molecule has 0 unspecified atom stereocenters. The lowest BCUT2D eigenvalue weighted by atomic mass is 10.1. The van der Waals surface area contributed by atoms with Crippen molar-refractivity contribution >= 4 is 17.4 Å². The third-order valence-corrected chi connectivity index (χ3v) is 3.86. The number of rotatable bonds is 5. The first-order chi connectivity index (χ1) is 9.56. The second-order valence-corrected chi connectivity index (χ2v) is 5.46. The number of thioether (sulfide) groups is 1. The molecule has 2 rings (SSSR count). The van der Waals surface area contributed by atoms with Crippen LogP contribution in [0.3, 0.4) is 0 Å². The highest BCUT2D eigenvalue weighted by Gasteiger charge is 2.04. The molecule has 0 amide bonds. The average molecular weight is 292 g/mol. The van der Waals surface area contributed by atoms with Crippen molar-refractivity contribution in [3.05, 3.63) is 50.5 Å². The molecule has 7 heteroatoms. The first kappa shape index (κ1) is 14.4. The number of anilines is 1. The molecule has 0 aliphatic heterocycles. The van der Waals surface area contributed by atoms with Gasteiger partial charge in [-0.15, -0.1) is 0 Å². The molecule has 106 valence electrons. The molecule has 0 saturated carbocycles. The third-order valence-electron chi connectivity index (χ3n) is 2.74. The average Bonchev–Trinajstić information content (AvgIpc) is 2.40. The Hall–Kier alpha value is -2.02. The maximum atomic E-state index is 11.2. The summed E-state index contributed by atoms with van der Waals surface area (Å²) in [4.78, 5) is 26.0. The molecule has 6 nitrogen and oxygen atoms in total. The second kappa shape index (κ2) is 6.42. The predicted octanol–water partition coefficient (Wildman–Crippen LogP) is 0.776. The molecular weight excluding hydrogens is 276 g/mol. The summed E-state index contributed by atoms with van der Waals surface area (Å²) in [6.07, 6.45) is 1.85. The number of nitrogen functional groups attached to an aromatic ring is 1. The zero-order chi connectivity index (χ0) is 14.5. The van der Waals surface area contributed by atoms with Crippen molar-refractivity contribution in [2.45, 2.75) is 18.0 Å². The van der Waals surface area contributed by atoms with Gasteiger partial charge in [0.1, 0.15) is 0 Å². The van der Waals surface area contributed by atoms with Gasteiger partial charge < -0.3 is 5.73 Å². The molecule has 1 aromatic carbocycles. The van der Waals surface area contributed by atoms with Gasteiger partial charge in [0.05, 0.1) is 0 Å². The van der Waals surface area contributed by atoms with Crippen LogP contribution in [0.15, 0.2) is 39.0 Å². The standard InChI is InChI=1S/C13H16N4O2S/c1-17-13(15-11(18)12(19)16-17)20-7-3-5-9-4-2-6-10(14)8-9/h2,4,6,8H,3,5,7,14H2,1H3,(H,16,19). The van der Waals surface area contributed by atoms with Gasteiger partial charge in [-0.2, -0.15) is 4.98 Å². The van der Waals surface area contributed by atoms with Crippen molar-refractivity contribution in [2.24, 2.45) is 7.05 Å². The fourth-order valence-electron chi connectivity index (χ4n) is 1.78. The van der Waals surface area contributed by atoms with E-state index in [0.717, 1.165) is 24.3 Å². The van der Waals surface area contributed by atoms with Crippen molar-refractivity contribution in [1.29, 1.82) is 0 Å². The van der Waals surface area contributed by atoms with Gasteiger partial charge in [-0.05, 0) is 30.5 Å². The summed E-state index contributed by atoms with van der Waals surface area (Å²) < 4.78 is 1.47. The monoisotopic (exact) mass is 292 g/mol. The van der Waals surface area contributed by atoms with Gasteiger partial charge in [0.2, 0.25) is 0 Å².